The highest BCUT2D eigenvalue weighted by atomic mass is 16.6. The molecule has 0 saturated heterocycles. The number of para-hydroxylation sites is 1. The van der Waals surface area contributed by atoms with Gasteiger partial charge in [0.15, 0.2) is 6.61 Å². The fourth-order valence-corrected chi connectivity index (χ4v) is 2.22. The Kier molecular flexibility index (Phi) is 6.70. The summed E-state index contributed by atoms with van der Waals surface area (Å²) in [6.45, 7) is 1.65. The minimum absolute atomic E-state index is 0.0599. The minimum atomic E-state index is -0.579. The van der Waals surface area contributed by atoms with Crippen LogP contribution in [0.3, 0.4) is 0 Å². The fraction of sp³-hybridized carbons (Fsp3) is 0.222. The number of rotatable bonds is 8. The number of amides is 1. The molecule has 0 atom stereocenters. The summed E-state index contributed by atoms with van der Waals surface area (Å²) >= 11 is 0. The van der Waals surface area contributed by atoms with Gasteiger partial charge in [-0.3, -0.25) is 14.9 Å². The van der Waals surface area contributed by atoms with Crippen LogP contribution in [0.4, 0.5) is 5.69 Å². The molecule has 0 aliphatic carbocycles. The van der Waals surface area contributed by atoms with Crippen molar-refractivity contribution < 1.29 is 23.9 Å². The van der Waals surface area contributed by atoms with Gasteiger partial charge in [-0.25, -0.2) is 5.43 Å². The van der Waals surface area contributed by atoms with Crippen LogP contribution in [-0.2, 0) is 4.79 Å². The molecule has 0 spiro atoms. The predicted molar refractivity (Wildman–Crippen MR) is 98.6 cm³/mol. The fourth-order valence-electron chi connectivity index (χ4n) is 2.22. The monoisotopic (exact) mass is 373 g/mol. The van der Waals surface area contributed by atoms with Gasteiger partial charge < -0.3 is 14.2 Å². The van der Waals surface area contributed by atoms with E-state index < -0.39 is 10.8 Å². The van der Waals surface area contributed by atoms with Crippen molar-refractivity contribution in [3.63, 3.8) is 0 Å². The molecule has 0 saturated carbocycles. The maximum atomic E-state index is 11.8. The molecule has 2 aromatic carbocycles. The van der Waals surface area contributed by atoms with Crippen molar-refractivity contribution in [3.8, 4) is 17.2 Å². The second-order valence-electron chi connectivity index (χ2n) is 5.37. The molecule has 0 bridgehead atoms. The quantitative estimate of drug-likeness (QED) is 0.432. The molecule has 27 heavy (non-hydrogen) atoms. The van der Waals surface area contributed by atoms with Crippen LogP contribution >= 0.6 is 0 Å². The Bertz CT molecular complexity index is 866. The number of methoxy groups -OCH3 is 2. The van der Waals surface area contributed by atoms with Crippen LogP contribution in [0.5, 0.6) is 17.2 Å². The molecule has 9 heteroatoms. The second-order valence-corrected chi connectivity index (χ2v) is 5.37. The number of carbonyl (C=O) groups excluding carboxylic acids is 1. The molecule has 0 aliphatic rings. The average Bonchev–Trinajstić information content (AvgIpc) is 2.66. The third-order valence-corrected chi connectivity index (χ3v) is 3.57. The van der Waals surface area contributed by atoms with Gasteiger partial charge in [0, 0.05) is 17.7 Å². The van der Waals surface area contributed by atoms with E-state index in [1.165, 1.54) is 32.6 Å². The summed E-state index contributed by atoms with van der Waals surface area (Å²) in [6.07, 6.45) is 1.25. The van der Waals surface area contributed by atoms with Crippen molar-refractivity contribution >= 4 is 17.8 Å². The average molecular weight is 373 g/mol. The Morgan fingerprint density at radius 3 is 2.52 bits per heavy atom. The summed E-state index contributed by atoms with van der Waals surface area (Å²) in [5.41, 5.74) is 3.27. The van der Waals surface area contributed by atoms with Gasteiger partial charge in [-0.15, -0.1) is 0 Å². The number of nitro benzene ring substituents is 1. The van der Waals surface area contributed by atoms with Gasteiger partial charge in [0.1, 0.15) is 11.5 Å². The summed E-state index contributed by atoms with van der Waals surface area (Å²) in [7, 11) is 2.73. The topological polar surface area (TPSA) is 112 Å². The van der Waals surface area contributed by atoms with E-state index in [-0.39, 0.29) is 18.0 Å². The van der Waals surface area contributed by atoms with Crippen LogP contribution in [-0.4, -0.2) is 37.9 Å². The third kappa shape index (κ3) is 5.18. The summed E-state index contributed by atoms with van der Waals surface area (Å²) in [5.74, 6) is 0.497. The SMILES string of the molecule is COc1cc(OC)c([N+](=O)[O-])cc1C=NNC(=O)COc1ccccc1C. The minimum Gasteiger partial charge on any atom is -0.496 e. The van der Waals surface area contributed by atoms with Crippen molar-refractivity contribution in [1.82, 2.24) is 5.43 Å². The molecule has 9 nitrogen and oxygen atoms in total. The normalized spacial score (nSPS) is 10.5. The molecule has 2 aromatic rings. The lowest BCUT2D eigenvalue weighted by Gasteiger charge is -2.08. The Morgan fingerprint density at radius 2 is 1.89 bits per heavy atom. The van der Waals surface area contributed by atoms with Crippen LogP contribution in [0.25, 0.3) is 0 Å². The lowest BCUT2D eigenvalue weighted by molar-refractivity contribution is -0.385. The Hall–Kier alpha value is -3.62. The molecule has 0 heterocycles. The molecule has 1 amide bonds. The molecule has 0 aliphatic heterocycles. The summed E-state index contributed by atoms with van der Waals surface area (Å²) < 4.78 is 15.6. The Balaban J connectivity index is 2.04. The van der Waals surface area contributed by atoms with E-state index in [4.69, 9.17) is 14.2 Å². The Labute approximate surface area is 155 Å². The maximum absolute atomic E-state index is 11.8. The highest BCUT2D eigenvalue weighted by molar-refractivity contribution is 5.87. The van der Waals surface area contributed by atoms with Gasteiger partial charge in [-0.05, 0) is 18.6 Å². The smallest absolute Gasteiger partial charge is 0.311 e. The molecule has 0 radical (unpaired) electrons. The highest BCUT2D eigenvalue weighted by Gasteiger charge is 2.18. The third-order valence-electron chi connectivity index (χ3n) is 3.57. The van der Waals surface area contributed by atoms with E-state index in [9.17, 15) is 14.9 Å². The van der Waals surface area contributed by atoms with E-state index >= 15 is 0 Å². The number of hydrogen-bond acceptors (Lipinski definition) is 7. The number of nitrogens with one attached hydrogen (secondary N) is 1. The summed E-state index contributed by atoms with van der Waals surface area (Å²) in [4.78, 5) is 22.4. The van der Waals surface area contributed by atoms with Crippen molar-refractivity contribution in [2.75, 3.05) is 20.8 Å². The summed E-state index contributed by atoms with van der Waals surface area (Å²) in [6, 6.07) is 9.93. The molecule has 2 rings (SSSR count). The molecule has 0 unspecified atom stereocenters. The van der Waals surface area contributed by atoms with E-state index in [2.05, 4.69) is 10.5 Å². The number of ether oxygens (including phenoxy) is 3. The number of hydrogen-bond donors (Lipinski definition) is 1. The van der Waals surface area contributed by atoms with Crippen LogP contribution in [0.2, 0.25) is 0 Å². The van der Waals surface area contributed by atoms with E-state index in [0.717, 1.165) is 5.56 Å². The van der Waals surface area contributed by atoms with Crippen molar-refractivity contribution in [3.05, 3.63) is 57.6 Å². The van der Waals surface area contributed by atoms with Crippen LogP contribution in [0, 0.1) is 17.0 Å². The standard InChI is InChI=1S/C18H19N3O6/c1-12-6-4-5-7-15(12)27-11-18(22)20-19-10-13-8-14(21(23)24)17(26-3)9-16(13)25-2/h4-10H,11H2,1-3H3,(H,20,22). The lowest BCUT2D eigenvalue weighted by atomic mass is 10.1. The van der Waals surface area contributed by atoms with Crippen LogP contribution in [0.1, 0.15) is 11.1 Å². The van der Waals surface area contributed by atoms with E-state index in [1.54, 1.807) is 12.1 Å². The number of benzene rings is 2. The Morgan fingerprint density at radius 1 is 1.19 bits per heavy atom. The maximum Gasteiger partial charge on any atom is 0.311 e. The van der Waals surface area contributed by atoms with Gasteiger partial charge in [0.25, 0.3) is 5.91 Å². The first-order chi connectivity index (χ1) is 13.0. The van der Waals surface area contributed by atoms with E-state index in [1.807, 2.05) is 19.1 Å². The first-order valence-corrected chi connectivity index (χ1v) is 7.87. The second kappa shape index (κ2) is 9.18. The first kappa shape index (κ1) is 19.7. The van der Waals surface area contributed by atoms with Crippen molar-refractivity contribution in [2.45, 2.75) is 6.92 Å². The van der Waals surface area contributed by atoms with Crippen molar-refractivity contribution in [2.24, 2.45) is 5.10 Å². The van der Waals surface area contributed by atoms with Crippen LogP contribution in [0.15, 0.2) is 41.5 Å². The predicted octanol–water partition coefficient (Wildman–Crippen LogP) is 2.45. The number of aryl methyl sites for hydroxylation is 1. The highest BCUT2D eigenvalue weighted by Crippen LogP contribution is 2.33. The molecule has 142 valence electrons. The number of hydrazone groups is 1. The molecule has 0 aromatic heterocycles. The van der Waals surface area contributed by atoms with E-state index in [0.29, 0.717) is 17.1 Å². The van der Waals surface area contributed by atoms with Gasteiger partial charge in [-0.1, -0.05) is 18.2 Å². The molecule has 1 N–H and O–H groups in total. The molecule has 0 fully saturated rings. The lowest BCUT2D eigenvalue weighted by Crippen LogP contribution is -2.24. The zero-order valence-electron chi connectivity index (χ0n) is 15.1. The number of carbonyl (C=O) groups is 1. The van der Waals surface area contributed by atoms with Gasteiger partial charge in [0.2, 0.25) is 5.75 Å². The van der Waals surface area contributed by atoms with Crippen LogP contribution < -0.4 is 19.6 Å². The largest absolute Gasteiger partial charge is 0.496 e. The number of nitrogens with zero attached hydrogens (tertiary/aromatic N) is 2. The zero-order chi connectivity index (χ0) is 19.8. The van der Waals surface area contributed by atoms with Crippen molar-refractivity contribution in [1.29, 1.82) is 0 Å². The number of nitro groups is 1. The van der Waals surface area contributed by atoms with Gasteiger partial charge in [0.05, 0.1) is 25.4 Å². The zero-order valence-corrected chi connectivity index (χ0v) is 15.1. The molecular weight excluding hydrogens is 354 g/mol. The first-order valence-electron chi connectivity index (χ1n) is 7.87. The summed E-state index contributed by atoms with van der Waals surface area (Å²) in [5, 5.41) is 14.9. The van der Waals surface area contributed by atoms with Gasteiger partial charge >= 0.3 is 5.69 Å². The van der Waals surface area contributed by atoms with Gasteiger partial charge in [-0.2, -0.15) is 5.10 Å². The molecular formula is C18H19N3O6.